The molecule has 1 aliphatic rings. The van der Waals surface area contributed by atoms with Gasteiger partial charge in [-0.15, -0.1) is 0 Å². The number of esters is 1. The summed E-state index contributed by atoms with van der Waals surface area (Å²) in [4.78, 5) is 25.5. The number of aryl methyl sites for hydroxylation is 1. The van der Waals surface area contributed by atoms with Crippen LogP contribution in [0.5, 0.6) is 0 Å². The zero-order valence-corrected chi connectivity index (χ0v) is 19.3. The first-order valence-electron chi connectivity index (χ1n) is 11.1. The number of ether oxygens (including phenoxy) is 2. The highest BCUT2D eigenvalue weighted by atomic mass is 16.5. The number of carbonyl (C=O) groups excluding carboxylic acids is 1. The van der Waals surface area contributed by atoms with E-state index in [0.717, 1.165) is 45.5 Å². The number of morpholine rings is 1. The van der Waals surface area contributed by atoms with Crippen LogP contribution < -0.4 is 10.6 Å². The molecule has 0 spiro atoms. The highest BCUT2D eigenvalue weighted by Crippen LogP contribution is 2.40. The highest BCUT2D eigenvalue weighted by molar-refractivity contribution is 5.99. The van der Waals surface area contributed by atoms with Crippen molar-refractivity contribution in [2.24, 2.45) is 7.05 Å². The van der Waals surface area contributed by atoms with Crippen molar-refractivity contribution in [2.75, 3.05) is 32.2 Å². The Morgan fingerprint density at radius 2 is 2.06 bits per heavy atom. The summed E-state index contributed by atoms with van der Waals surface area (Å²) in [5.41, 5.74) is 7.06. The Bertz CT molecular complexity index is 1360. The lowest BCUT2D eigenvalue weighted by atomic mass is 9.90. The summed E-state index contributed by atoms with van der Waals surface area (Å²) in [6.07, 6.45) is 4.82. The van der Waals surface area contributed by atoms with Crippen molar-refractivity contribution in [3.63, 3.8) is 0 Å². The second-order valence-corrected chi connectivity index (χ2v) is 8.18. The van der Waals surface area contributed by atoms with Gasteiger partial charge in [-0.2, -0.15) is 0 Å². The molecule has 0 amide bonds. The van der Waals surface area contributed by atoms with Gasteiger partial charge in [-0.25, -0.2) is 19.7 Å². The number of aromatic nitrogens is 4. The minimum atomic E-state index is -0.555. The molecule has 2 N–H and O–H groups in total. The molecular formula is C25H26N6O3. The Hall–Kier alpha value is -3.82. The van der Waals surface area contributed by atoms with Gasteiger partial charge in [0.2, 0.25) is 0 Å². The van der Waals surface area contributed by atoms with Gasteiger partial charge < -0.3 is 24.7 Å². The molecule has 4 aromatic rings. The number of para-hydroxylation sites is 1. The molecule has 9 nitrogen and oxygen atoms in total. The predicted octanol–water partition coefficient (Wildman–Crippen LogP) is 3.53. The molecule has 3 heterocycles. The average molecular weight is 459 g/mol. The standard InChI is InChI=1S/C25H26N6O3/c1-15-16(19-13-34-12-11-26-19)7-8-18(30-24-23(25(32)33-3)27-9-10-28-24)21(15)17-5-4-6-20-22(17)29-14-31(20)2/h4-10,14,19,26H,11-13H2,1-3H3,(H,28,30). The zero-order chi connectivity index (χ0) is 23.7. The van der Waals surface area contributed by atoms with Crippen molar-refractivity contribution >= 4 is 28.5 Å². The maximum absolute atomic E-state index is 12.3. The summed E-state index contributed by atoms with van der Waals surface area (Å²) in [6, 6.07) is 10.3. The van der Waals surface area contributed by atoms with Gasteiger partial charge in [-0.3, -0.25) is 0 Å². The first kappa shape index (κ1) is 22.0. The van der Waals surface area contributed by atoms with Crippen LogP contribution in [0.25, 0.3) is 22.2 Å². The molecule has 34 heavy (non-hydrogen) atoms. The number of hydrogen-bond acceptors (Lipinski definition) is 8. The summed E-state index contributed by atoms with van der Waals surface area (Å²) < 4.78 is 12.6. The van der Waals surface area contributed by atoms with Crippen molar-refractivity contribution in [1.29, 1.82) is 0 Å². The summed E-state index contributed by atoms with van der Waals surface area (Å²) in [5.74, 6) is -0.226. The molecule has 5 rings (SSSR count). The van der Waals surface area contributed by atoms with E-state index in [-0.39, 0.29) is 11.7 Å². The van der Waals surface area contributed by atoms with Crippen molar-refractivity contribution < 1.29 is 14.3 Å². The number of carbonyl (C=O) groups is 1. The maximum atomic E-state index is 12.3. The number of methoxy groups -OCH3 is 1. The molecule has 9 heteroatoms. The lowest BCUT2D eigenvalue weighted by molar-refractivity contribution is 0.0595. The van der Waals surface area contributed by atoms with E-state index in [1.807, 2.05) is 36.1 Å². The zero-order valence-electron chi connectivity index (χ0n) is 19.3. The second-order valence-electron chi connectivity index (χ2n) is 8.18. The van der Waals surface area contributed by atoms with Gasteiger partial charge in [-0.1, -0.05) is 18.2 Å². The van der Waals surface area contributed by atoms with Crippen LogP contribution in [0.15, 0.2) is 49.1 Å². The number of nitrogens with zero attached hydrogens (tertiary/aromatic N) is 4. The molecule has 2 aromatic carbocycles. The lowest BCUT2D eigenvalue weighted by Gasteiger charge is -2.27. The van der Waals surface area contributed by atoms with Gasteiger partial charge in [0.1, 0.15) is 0 Å². The van der Waals surface area contributed by atoms with Crippen LogP contribution in [0.4, 0.5) is 11.5 Å². The van der Waals surface area contributed by atoms with E-state index in [4.69, 9.17) is 9.47 Å². The first-order valence-corrected chi connectivity index (χ1v) is 11.1. The number of anilines is 2. The molecule has 0 aliphatic carbocycles. The maximum Gasteiger partial charge on any atom is 0.360 e. The van der Waals surface area contributed by atoms with Gasteiger partial charge in [0, 0.05) is 42.8 Å². The van der Waals surface area contributed by atoms with Gasteiger partial charge >= 0.3 is 5.97 Å². The Morgan fingerprint density at radius 1 is 1.21 bits per heavy atom. The fourth-order valence-corrected chi connectivity index (χ4v) is 4.48. The van der Waals surface area contributed by atoms with Crippen LogP contribution in [0.2, 0.25) is 0 Å². The molecule has 1 aliphatic heterocycles. The van der Waals surface area contributed by atoms with Crippen LogP contribution in [-0.2, 0) is 16.5 Å². The summed E-state index contributed by atoms with van der Waals surface area (Å²) in [7, 11) is 3.30. The third-order valence-corrected chi connectivity index (χ3v) is 6.16. The molecule has 0 saturated carbocycles. The van der Waals surface area contributed by atoms with Crippen LogP contribution in [0.1, 0.15) is 27.7 Å². The molecule has 0 radical (unpaired) electrons. The topological polar surface area (TPSA) is 103 Å². The minimum Gasteiger partial charge on any atom is -0.464 e. The van der Waals surface area contributed by atoms with E-state index in [0.29, 0.717) is 19.0 Å². The van der Waals surface area contributed by atoms with Crippen molar-refractivity contribution in [2.45, 2.75) is 13.0 Å². The molecule has 2 aromatic heterocycles. The van der Waals surface area contributed by atoms with Crippen LogP contribution in [-0.4, -0.2) is 52.4 Å². The quantitative estimate of drug-likeness (QED) is 0.438. The summed E-state index contributed by atoms with van der Waals surface area (Å²) in [5, 5.41) is 6.88. The van der Waals surface area contributed by atoms with Crippen LogP contribution in [0.3, 0.4) is 0 Å². The molecule has 1 atom stereocenters. The average Bonchev–Trinajstić information content (AvgIpc) is 3.26. The van der Waals surface area contributed by atoms with E-state index < -0.39 is 5.97 Å². The molecule has 1 unspecified atom stereocenters. The van der Waals surface area contributed by atoms with Crippen molar-refractivity contribution in [3.05, 3.63) is 65.9 Å². The SMILES string of the molecule is COC(=O)c1nccnc1Nc1ccc(C2COCCN2)c(C)c1-c1cccc2c1ncn2C. The van der Waals surface area contributed by atoms with E-state index in [1.165, 1.54) is 13.3 Å². The van der Waals surface area contributed by atoms with E-state index in [1.54, 1.807) is 6.20 Å². The predicted molar refractivity (Wildman–Crippen MR) is 129 cm³/mol. The molecular weight excluding hydrogens is 432 g/mol. The van der Waals surface area contributed by atoms with Gasteiger partial charge in [0.15, 0.2) is 11.5 Å². The van der Waals surface area contributed by atoms with Gasteiger partial charge in [0.05, 0.1) is 43.7 Å². The number of fused-ring (bicyclic) bond motifs is 1. The third kappa shape index (κ3) is 3.89. The lowest BCUT2D eigenvalue weighted by Crippen LogP contribution is -2.35. The molecule has 0 bridgehead atoms. The minimum absolute atomic E-state index is 0.0895. The Morgan fingerprint density at radius 3 is 2.85 bits per heavy atom. The fraction of sp³-hybridized carbons (Fsp3) is 0.280. The Kier molecular flexibility index (Phi) is 5.95. The number of rotatable bonds is 5. The summed E-state index contributed by atoms with van der Waals surface area (Å²) >= 11 is 0. The van der Waals surface area contributed by atoms with E-state index in [2.05, 4.69) is 44.6 Å². The Labute approximate surface area is 197 Å². The Balaban J connectivity index is 1.70. The number of imidazole rings is 1. The highest BCUT2D eigenvalue weighted by Gasteiger charge is 2.24. The largest absolute Gasteiger partial charge is 0.464 e. The molecule has 1 saturated heterocycles. The number of nitrogens with one attached hydrogen (secondary N) is 2. The number of benzene rings is 2. The summed E-state index contributed by atoms with van der Waals surface area (Å²) in [6.45, 7) is 4.22. The van der Waals surface area contributed by atoms with Crippen LogP contribution in [0, 0.1) is 6.92 Å². The monoisotopic (exact) mass is 458 g/mol. The van der Waals surface area contributed by atoms with Gasteiger partial charge in [-0.05, 0) is 30.2 Å². The smallest absolute Gasteiger partial charge is 0.360 e. The second kappa shape index (κ2) is 9.20. The van der Waals surface area contributed by atoms with Crippen molar-refractivity contribution in [1.82, 2.24) is 24.8 Å². The molecule has 174 valence electrons. The number of hydrogen-bond donors (Lipinski definition) is 2. The van der Waals surface area contributed by atoms with Crippen molar-refractivity contribution in [3.8, 4) is 11.1 Å². The van der Waals surface area contributed by atoms with E-state index in [9.17, 15) is 4.79 Å². The molecule has 1 fully saturated rings. The normalized spacial score (nSPS) is 15.9. The van der Waals surface area contributed by atoms with E-state index >= 15 is 0 Å². The fourth-order valence-electron chi connectivity index (χ4n) is 4.48. The first-order chi connectivity index (χ1) is 16.6. The third-order valence-electron chi connectivity index (χ3n) is 6.16. The van der Waals surface area contributed by atoms with Crippen LogP contribution >= 0.6 is 0 Å². The van der Waals surface area contributed by atoms with Gasteiger partial charge in [0.25, 0.3) is 0 Å².